The van der Waals surface area contributed by atoms with E-state index in [4.69, 9.17) is 4.74 Å². The fourth-order valence-corrected chi connectivity index (χ4v) is 4.05. The Bertz CT molecular complexity index is 964. The zero-order chi connectivity index (χ0) is 21.9. The maximum atomic E-state index is 12.8. The van der Waals surface area contributed by atoms with Gasteiger partial charge in [-0.2, -0.15) is 0 Å². The number of nitro groups is 1. The Morgan fingerprint density at radius 1 is 1.13 bits per heavy atom. The summed E-state index contributed by atoms with van der Waals surface area (Å²) in [7, 11) is 1.55. The number of nitrogens with one attached hydrogen (secondary N) is 1. The molecule has 2 N–H and O–H groups in total. The van der Waals surface area contributed by atoms with Crippen LogP contribution in [-0.4, -0.2) is 35.1 Å². The normalized spacial score (nSPS) is 15.9. The van der Waals surface area contributed by atoms with Gasteiger partial charge in [-0.1, -0.05) is 38.0 Å². The average molecular weight is 412 g/mol. The minimum atomic E-state index is -1.13. The van der Waals surface area contributed by atoms with Crippen LogP contribution in [-0.2, 0) is 4.79 Å². The van der Waals surface area contributed by atoms with Crippen molar-refractivity contribution >= 4 is 17.6 Å². The molecule has 1 aliphatic carbocycles. The van der Waals surface area contributed by atoms with Crippen LogP contribution in [0.4, 0.5) is 5.69 Å². The first kappa shape index (κ1) is 21.3. The number of carboxylic acids is 1. The number of nitrogens with zero attached hydrogens (tertiary/aromatic N) is 1. The highest BCUT2D eigenvalue weighted by Crippen LogP contribution is 2.41. The molecule has 0 heterocycles. The number of rotatable bonds is 7. The van der Waals surface area contributed by atoms with Crippen molar-refractivity contribution in [3.63, 3.8) is 0 Å². The number of hydrogen-bond donors (Lipinski definition) is 2. The van der Waals surface area contributed by atoms with E-state index in [1.54, 1.807) is 37.4 Å². The summed E-state index contributed by atoms with van der Waals surface area (Å²) in [4.78, 5) is 35.6. The van der Waals surface area contributed by atoms with Crippen LogP contribution in [0, 0.1) is 15.5 Å². The third-order valence-electron chi connectivity index (χ3n) is 5.83. The Labute approximate surface area is 174 Å². The zero-order valence-electron chi connectivity index (χ0n) is 16.9. The van der Waals surface area contributed by atoms with E-state index in [-0.39, 0.29) is 11.3 Å². The molecule has 0 spiro atoms. The quantitative estimate of drug-likeness (QED) is 0.523. The molecule has 30 heavy (non-hydrogen) atoms. The molecule has 1 aliphatic rings. The molecule has 8 nitrogen and oxygen atoms in total. The monoisotopic (exact) mass is 412 g/mol. The summed E-state index contributed by atoms with van der Waals surface area (Å²) < 4.78 is 5.11. The van der Waals surface area contributed by atoms with Gasteiger partial charge in [0.2, 0.25) is 0 Å². The van der Waals surface area contributed by atoms with Crippen LogP contribution in [0.15, 0.2) is 42.5 Å². The molecule has 1 amide bonds. The number of hydrogen-bond acceptors (Lipinski definition) is 5. The molecule has 3 rings (SSSR count). The van der Waals surface area contributed by atoms with E-state index in [0.717, 1.165) is 18.4 Å². The zero-order valence-corrected chi connectivity index (χ0v) is 16.9. The lowest BCUT2D eigenvalue weighted by Gasteiger charge is -2.31. The van der Waals surface area contributed by atoms with Gasteiger partial charge in [0, 0.05) is 6.07 Å². The predicted molar refractivity (Wildman–Crippen MR) is 111 cm³/mol. The lowest BCUT2D eigenvalue weighted by atomic mass is 9.80. The predicted octanol–water partition coefficient (Wildman–Crippen LogP) is 4.03. The lowest BCUT2D eigenvalue weighted by Crippen LogP contribution is -2.50. The molecule has 0 saturated heterocycles. The number of carboxylic acid groups (broad SMARTS) is 1. The molecule has 1 fully saturated rings. The maximum absolute atomic E-state index is 12.8. The van der Waals surface area contributed by atoms with Gasteiger partial charge < -0.3 is 15.2 Å². The van der Waals surface area contributed by atoms with Crippen molar-refractivity contribution < 1.29 is 24.4 Å². The van der Waals surface area contributed by atoms with Gasteiger partial charge in [-0.25, -0.2) is 4.79 Å². The molecule has 0 radical (unpaired) electrons. The first-order valence-electron chi connectivity index (χ1n) is 9.72. The third-order valence-corrected chi connectivity index (χ3v) is 5.83. The van der Waals surface area contributed by atoms with E-state index in [0.29, 0.717) is 24.2 Å². The molecule has 2 aromatic rings. The van der Waals surface area contributed by atoms with Crippen LogP contribution in [0.1, 0.15) is 43.0 Å². The van der Waals surface area contributed by atoms with Crippen molar-refractivity contribution in [2.24, 2.45) is 5.41 Å². The molecule has 1 saturated carbocycles. The van der Waals surface area contributed by atoms with Crippen LogP contribution < -0.4 is 10.1 Å². The Kier molecular flexibility index (Phi) is 6.05. The molecule has 0 bridgehead atoms. The van der Waals surface area contributed by atoms with E-state index in [1.807, 2.05) is 6.92 Å². The second-order valence-electron chi connectivity index (χ2n) is 7.82. The number of aliphatic carboxylic acids is 1. The van der Waals surface area contributed by atoms with Gasteiger partial charge in [0.15, 0.2) is 0 Å². The lowest BCUT2D eigenvalue weighted by molar-refractivity contribution is -0.385. The first-order valence-corrected chi connectivity index (χ1v) is 9.72. The Hall–Kier alpha value is -3.42. The van der Waals surface area contributed by atoms with Gasteiger partial charge >= 0.3 is 5.97 Å². The highest BCUT2D eigenvalue weighted by Gasteiger charge is 2.42. The summed E-state index contributed by atoms with van der Waals surface area (Å²) in [6.45, 7) is 1.83. The molecule has 0 aromatic heterocycles. The molecule has 0 aliphatic heterocycles. The highest BCUT2D eigenvalue weighted by atomic mass is 16.6. The third kappa shape index (κ3) is 4.27. The Morgan fingerprint density at radius 2 is 1.73 bits per heavy atom. The van der Waals surface area contributed by atoms with E-state index in [1.165, 1.54) is 12.1 Å². The van der Waals surface area contributed by atoms with Gasteiger partial charge in [-0.3, -0.25) is 14.9 Å². The first-order chi connectivity index (χ1) is 14.2. The second-order valence-corrected chi connectivity index (χ2v) is 7.82. The molecular weight excluding hydrogens is 388 g/mol. The fraction of sp³-hybridized carbons (Fsp3) is 0.364. The number of ether oxygens (including phenoxy) is 1. The fourth-order valence-electron chi connectivity index (χ4n) is 4.05. The standard InChI is InChI=1S/C22H24N2O6/c1-22(11-3-4-12-22)19(21(26)27)23-20(25)17-10-7-15(13-18(17)24(28)29)14-5-8-16(30-2)9-6-14/h5-10,13,19H,3-4,11-12H2,1-2H3,(H,23,25)(H,26,27)/t19-/m1/s1. The Balaban J connectivity index is 1.91. The molecule has 158 valence electrons. The maximum Gasteiger partial charge on any atom is 0.326 e. The highest BCUT2D eigenvalue weighted by molar-refractivity contribution is 6.00. The summed E-state index contributed by atoms with van der Waals surface area (Å²) in [5.74, 6) is -1.24. The molecule has 2 aromatic carbocycles. The smallest absolute Gasteiger partial charge is 0.326 e. The number of nitro benzene ring substituents is 1. The average Bonchev–Trinajstić information content (AvgIpc) is 3.18. The van der Waals surface area contributed by atoms with Gasteiger partial charge in [0.1, 0.15) is 17.4 Å². The summed E-state index contributed by atoms with van der Waals surface area (Å²) in [6, 6.07) is 10.2. The van der Waals surface area contributed by atoms with Gasteiger partial charge in [0.05, 0.1) is 12.0 Å². The summed E-state index contributed by atoms with van der Waals surface area (Å²) >= 11 is 0. The van der Waals surface area contributed by atoms with Crippen molar-refractivity contribution in [2.45, 2.75) is 38.6 Å². The van der Waals surface area contributed by atoms with Crippen LogP contribution in [0.5, 0.6) is 5.75 Å². The number of methoxy groups -OCH3 is 1. The number of benzene rings is 2. The second kappa shape index (κ2) is 8.52. The van der Waals surface area contributed by atoms with E-state index < -0.39 is 28.3 Å². The van der Waals surface area contributed by atoms with E-state index >= 15 is 0 Å². The topological polar surface area (TPSA) is 119 Å². The summed E-state index contributed by atoms with van der Waals surface area (Å²) in [5.41, 5.74) is 0.192. The van der Waals surface area contributed by atoms with E-state index in [2.05, 4.69) is 5.32 Å². The van der Waals surface area contributed by atoms with Gasteiger partial charge in [-0.15, -0.1) is 0 Å². The van der Waals surface area contributed by atoms with Crippen LogP contribution >= 0.6 is 0 Å². The van der Waals surface area contributed by atoms with Crippen LogP contribution in [0.3, 0.4) is 0 Å². The summed E-state index contributed by atoms with van der Waals surface area (Å²) in [5, 5.41) is 23.8. The minimum absolute atomic E-state index is 0.162. The number of carbonyl (C=O) groups excluding carboxylic acids is 1. The summed E-state index contributed by atoms with van der Waals surface area (Å²) in [6.07, 6.45) is 3.16. The SMILES string of the molecule is COc1ccc(-c2ccc(C(=O)N[C@H](C(=O)O)C3(C)CCCC3)c([N+](=O)[O-])c2)cc1. The largest absolute Gasteiger partial charge is 0.497 e. The number of carbonyl (C=O) groups is 2. The van der Waals surface area contributed by atoms with Crippen molar-refractivity contribution in [1.29, 1.82) is 0 Å². The molecule has 8 heteroatoms. The Morgan fingerprint density at radius 3 is 2.27 bits per heavy atom. The van der Waals surface area contributed by atoms with E-state index in [9.17, 15) is 24.8 Å². The molecule has 1 atom stereocenters. The van der Waals surface area contributed by atoms with Crippen molar-refractivity contribution in [3.05, 3.63) is 58.1 Å². The van der Waals surface area contributed by atoms with Crippen molar-refractivity contribution in [2.75, 3.05) is 7.11 Å². The number of amides is 1. The molecule has 0 unspecified atom stereocenters. The van der Waals surface area contributed by atoms with Crippen LogP contribution in [0.25, 0.3) is 11.1 Å². The van der Waals surface area contributed by atoms with Crippen molar-refractivity contribution in [3.8, 4) is 16.9 Å². The minimum Gasteiger partial charge on any atom is -0.497 e. The van der Waals surface area contributed by atoms with Gasteiger partial charge in [-0.05, 0) is 47.6 Å². The molecular formula is C22H24N2O6. The van der Waals surface area contributed by atoms with Crippen LogP contribution in [0.2, 0.25) is 0 Å². The van der Waals surface area contributed by atoms with Gasteiger partial charge in [0.25, 0.3) is 11.6 Å². The van der Waals surface area contributed by atoms with Crippen molar-refractivity contribution in [1.82, 2.24) is 5.32 Å².